The van der Waals surface area contributed by atoms with Crippen LogP contribution in [-0.4, -0.2) is 5.11 Å². The molecule has 1 aromatic carbocycles. The summed E-state index contributed by atoms with van der Waals surface area (Å²) in [6.07, 6.45) is 17.1. The number of nitrogens with zero attached hydrogens (tertiary/aromatic N) is 1. The van der Waals surface area contributed by atoms with Gasteiger partial charge in [-0.1, -0.05) is 89.0 Å². The van der Waals surface area contributed by atoms with Crippen molar-refractivity contribution >= 4 is 22.6 Å². The zero-order chi connectivity index (χ0) is 19.3. The van der Waals surface area contributed by atoms with Gasteiger partial charge in [-0.05, 0) is 24.5 Å². The summed E-state index contributed by atoms with van der Waals surface area (Å²) in [4.78, 5) is 0. The summed E-state index contributed by atoms with van der Waals surface area (Å²) >= 11 is 2.19. The first-order valence-electron chi connectivity index (χ1n) is 10.7. The first-order chi connectivity index (χ1) is 13.2. The van der Waals surface area contributed by atoms with Gasteiger partial charge in [-0.25, -0.2) is 0 Å². The van der Waals surface area contributed by atoms with Gasteiger partial charge in [0.25, 0.3) is 3.70 Å². The van der Waals surface area contributed by atoms with E-state index in [0.29, 0.717) is 5.75 Å². The van der Waals surface area contributed by atoms with Crippen LogP contribution in [0.15, 0.2) is 42.6 Å². The zero-order valence-corrected chi connectivity index (χ0v) is 19.0. The van der Waals surface area contributed by atoms with Crippen LogP contribution in [0.25, 0.3) is 0 Å². The molecule has 0 spiro atoms. The Labute approximate surface area is 179 Å². The third-order valence-electron chi connectivity index (χ3n) is 5.18. The average Bonchev–Trinajstić information content (AvgIpc) is 2.68. The van der Waals surface area contributed by atoms with Crippen LogP contribution in [0, 0.1) is 3.70 Å². The van der Waals surface area contributed by atoms with E-state index in [1.165, 1.54) is 81.8 Å². The summed E-state index contributed by atoms with van der Waals surface area (Å²) in [6, 6.07) is 12.6. The van der Waals surface area contributed by atoms with E-state index in [-0.39, 0.29) is 0 Å². The highest BCUT2D eigenvalue weighted by Crippen LogP contribution is 2.15. The Hall–Kier alpha value is -1.10. The zero-order valence-electron chi connectivity index (χ0n) is 16.8. The van der Waals surface area contributed by atoms with Crippen molar-refractivity contribution in [3.8, 4) is 5.75 Å². The van der Waals surface area contributed by atoms with Crippen LogP contribution < -0.4 is 4.57 Å². The maximum Gasteiger partial charge on any atom is 0.283 e. The highest BCUT2D eigenvalue weighted by Gasteiger charge is 2.12. The van der Waals surface area contributed by atoms with Crippen LogP contribution in [0.4, 0.5) is 0 Å². The van der Waals surface area contributed by atoms with Crippen molar-refractivity contribution < 1.29 is 9.67 Å². The molecule has 2 rings (SSSR count). The molecule has 0 saturated carbocycles. The Bertz CT molecular complexity index is 654. The van der Waals surface area contributed by atoms with Gasteiger partial charge in [0.05, 0.1) is 0 Å². The first kappa shape index (κ1) is 22.2. The van der Waals surface area contributed by atoms with E-state index in [2.05, 4.69) is 58.3 Å². The van der Waals surface area contributed by atoms with Crippen LogP contribution in [-0.2, 0) is 13.0 Å². The second kappa shape index (κ2) is 13.1. The minimum absolute atomic E-state index is 0.343. The van der Waals surface area contributed by atoms with Crippen molar-refractivity contribution in [2.24, 2.45) is 0 Å². The number of aryl methyl sites for hydroxylation is 1. The van der Waals surface area contributed by atoms with E-state index >= 15 is 0 Å². The summed E-state index contributed by atoms with van der Waals surface area (Å²) in [7, 11) is 0. The lowest BCUT2D eigenvalue weighted by molar-refractivity contribution is -0.701. The van der Waals surface area contributed by atoms with Crippen molar-refractivity contribution in [2.45, 2.75) is 84.1 Å². The third kappa shape index (κ3) is 8.63. The molecule has 1 aromatic heterocycles. The topological polar surface area (TPSA) is 24.1 Å². The lowest BCUT2D eigenvalue weighted by atomic mass is 10.0. The molecule has 0 aliphatic heterocycles. The molecule has 2 aromatic rings. The Morgan fingerprint density at radius 1 is 0.778 bits per heavy atom. The summed E-state index contributed by atoms with van der Waals surface area (Å²) in [5.74, 6) is 0.343. The maximum atomic E-state index is 9.82. The van der Waals surface area contributed by atoms with Crippen molar-refractivity contribution in [3.05, 3.63) is 57.4 Å². The molecule has 0 radical (unpaired) electrons. The van der Waals surface area contributed by atoms with E-state index in [0.717, 1.165) is 10.2 Å². The number of hydrogen-bond acceptors (Lipinski definition) is 1. The quantitative estimate of drug-likeness (QED) is 0.145. The molecule has 0 saturated heterocycles. The predicted octanol–water partition coefficient (Wildman–Crippen LogP) is 6.80. The molecule has 0 atom stereocenters. The second-order valence-electron chi connectivity index (χ2n) is 7.56. The summed E-state index contributed by atoms with van der Waals surface area (Å²) in [6.45, 7) is 3.08. The SMILES string of the molecule is CCCCCCCCCCCCc1ccc(C[n+]2cccc(O)c2I)cc1. The van der Waals surface area contributed by atoms with Gasteiger partial charge in [0, 0.05) is 34.2 Å². The molecule has 1 heterocycles. The van der Waals surface area contributed by atoms with Crippen molar-refractivity contribution in [3.63, 3.8) is 0 Å². The molecule has 27 heavy (non-hydrogen) atoms. The largest absolute Gasteiger partial charge is 0.502 e. The van der Waals surface area contributed by atoms with Gasteiger partial charge in [0.15, 0.2) is 18.5 Å². The second-order valence-corrected chi connectivity index (χ2v) is 8.58. The van der Waals surface area contributed by atoms with Crippen LogP contribution in [0.1, 0.15) is 82.3 Å². The molecule has 3 heteroatoms. The number of unbranched alkanes of at least 4 members (excludes halogenated alkanes) is 9. The standard InChI is InChI=1S/C24H34INO/c1-2-3-4-5-6-7-8-9-10-11-13-21-15-17-22(18-16-21)20-26-19-12-14-23(27)24(26)25/h12,14-19H,2-11,13,20H2,1H3/p+1. The molecular weight excluding hydrogens is 445 g/mol. The summed E-state index contributed by atoms with van der Waals surface area (Å²) in [5.41, 5.74) is 2.71. The maximum absolute atomic E-state index is 9.82. The molecule has 2 nitrogen and oxygen atoms in total. The van der Waals surface area contributed by atoms with E-state index < -0.39 is 0 Å². The van der Waals surface area contributed by atoms with Crippen molar-refractivity contribution in [2.75, 3.05) is 0 Å². The normalized spacial score (nSPS) is 11.0. The number of pyridine rings is 1. The van der Waals surface area contributed by atoms with Gasteiger partial charge >= 0.3 is 0 Å². The van der Waals surface area contributed by atoms with Gasteiger partial charge in [-0.15, -0.1) is 0 Å². The molecule has 0 amide bonds. The van der Waals surface area contributed by atoms with E-state index in [4.69, 9.17) is 0 Å². The highest BCUT2D eigenvalue weighted by atomic mass is 127. The molecule has 0 fully saturated rings. The van der Waals surface area contributed by atoms with Gasteiger partial charge in [0.2, 0.25) is 0 Å². The Morgan fingerprint density at radius 3 is 1.96 bits per heavy atom. The van der Waals surface area contributed by atoms with Crippen LogP contribution in [0.2, 0.25) is 0 Å². The third-order valence-corrected chi connectivity index (χ3v) is 6.35. The van der Waals surface area contributed by atoms with E-state index in [9.17, 15) is 5.11 Å². The fourth-order valence-corrected chi connectivity index (χ4v) is 3.98. The van der Waals surface area contributed by atoms with Crippen LogP contribution >= 0.6 is 22.6 Å². The smallest absolute Gasteiger partial charge is 0.283 e. The summed E-state index contributed by atoms with van der Waals surface area (Å²) < 4.78 is 2.96. The van der Waals surface area contributed by atoms with E-state index in [1.54, 1.807) is 6.07 Å². The summed E-state index contributed by atoms with van der Waals surface area (Å²) in [5, 5.41) is 9.82. The van der Waals surface area contributed by atoms with Gasteiger partial charge in [0.1, 0.15) is 0 Å². The minimum atomic E-state index is 0.343. The minimum Gasteiger partial charge on any atom is -0.502 e. The number of aromatic nitrogens is 1. The Morgan fingerprint density at radius 2 is 1.33 bits per heavy atom. The predicted molar refractivity (Wildman–Crippen MR) is 122 cm³/mol. The monoisotopic (exact) mass is 480 g/mol. The molecular formula is C24H35INO+. The molecule has 0 unspecified atom stereocenters. The Balaban J connectivity index is 1.61. The van der Waals surface area contributed by atoms with Gasteiger partial charge < -0.3 is 5.11 Å². The number of halogens is 1. The Kier molecular flexibility index (Phi) is 10.8. The fraction of sp³-hybridized carbons (Fsp3) is 0.542. The highest BCUT2D eigenvalue weighted by molar-refractivity contribution is 14.1. The number of aromatic hydroxyl groups is 1. The van der Waals surface area contributed by atoms with Crippen molar-refractivity contribution in [1.82, 2.24) is 0 Å². The fourth-order valence-electron chi connectivity index (χ4n) is 3.47. The van der Waals surface area contributed by atoms with Gasteiger partial charge in [-0.3, -0.25) is 0 Å². The molecule has 0 aliphatic carbocycles. The lowest BCUT2D eigenvalue weighted by Gasteiger charge is -2.05. The van der Waals surface area contributed by atoms with Gasteiger partial charge in [-0.2, -0.15) is 4.57 Å². The molecule has 148 valence electrons. The van der Waals surface area contributed by atoms with Crippen LogP contribution in [0.5, 0.6) is 5.75 Å². The van der Waals surface area contributed by atoms with Crippen molar-refractivity contribution in [1.29, 1.82) is 0 Å². The molecule has 0 bridgehead atoms. The van der Waals surface area contributed by atoms with E-state index in [1.807, 2.05) is 12.3 Å². The lowest BCUT2D eigenvalue weighted by Crippen LogP contribution is -2.37. The molecule has 0 aliphatic rings. The molecule has 1 N–H and O–H groups in total. The average molecular weight is 480 g/mol. The number of benzene rings is 1. The number of hydrogen-bond donors (Lipinski definition) is 1. The number of rotatable bonds is 13. The first-order valence-corrected chi connectivity index (χ1v) is 11.7. The van der Waals surface area contributed by atoms with Crippen LogP contribution in [0.3, 0.4) is 0 Å².